The van der Waals surface area contributed by atoms with Crippen LogP contribution in [0.25, 0.3) is 0 Å². The van der Waals surface area contributed by atoms with Crippen molar-refractivity contribution >= 4 is 11.6 Å². The zero-order valence-electron chi connectivity index (χ0n) is 10.0. The molecule has 0 bridgehead atoms. The highest BCUT2D eigenvalue weighted by molar-refractivity contribution is 5.92. The molecule has 4 heteroatoms. The molecular formula is C13H16N2O2. The average molecular weight is 232 g/mol. The van der Waals surface area contributed by atoms with Crippen LogP contribution in [0.2, 0.25) is 0 Å². The molecule has 1 aromatic rings. The summed E-state index contributed by atoms with van der Waals surface area (Å²) in [5, 5.41) is 20.8. The molecule has 0 saturated carbocycles. The number of aliphatic hydroxyl groups is 1. The van der Waals surface area contributed by atoms with Crippen LogP contribution < -0.4 is 5.32 Å². The molecule has 0 aliphatic rings. The molecule has 0 fully saturated rings. The summed E-state index contributed by atoms with van der Waals surface area (Å²) in [6, 6.07) is 7.39. The Balaban J connectivity index is 2.72. The van der Waals surface area contributed by atoms with Crippen LogP contribution in [0.1, 0.15) is 30.9 Å². The van der Waals surface area contributed by atoms with Gasteiger partial charge in [-0.15, -0.1) is 0 Å². The Morgan fingerprint density at radius 2 is 2.29 bits per heavy atom. The van der Waals surface area contributed by atoms with Crippen LogP contribution in [0.3, 0.4) is 0 Å². The molecule has 0 radical (unpaired) electrons. The monoisotopic (exact) mass is 232 g/mol. The highest BCUT2D eigenvalue weighted by atomic mass is 16.3. The number of aliphatic hydroxyl groups excluding tert-OH is 1. The number of anilines is 1. The average Bonchev–Trinajstić information content (AvgIpc) is 2.27. The van der Waals surface area contributed by atoms with E-state index in [1.54, 1.807) is 19.1 Å². The third-order valence-corrected chi connectivity index (χ3v) is 2.45. The molecule has 2 N–H and O–H groups in total. The number of hydrogen-bond acceptors (Lipinski definition) is 3. The van der Waals surface area contributed by atoms with Crippen molar-refractivity contribution in [2.45, 2.75) is 32.8 Å². The van der Waals surface area contributed by atoms with Crippen molar-refractivity contribution in [2.75, 3.05) is 5.32 Å². The minimum absolute atomic E-state index is 0.187. The van der Waals surface area contributed by atoms with E-state index in [4.69, 9.17) is 10.4 Å². The van der Waals surface area contributed by atoms with Crippen molar-refractivity contribution in [1.29, 1.82) is 5.26 Å². The molecule has 1 aromatic carbocycles. The maximum Gasteiger partial charge on any atom is 0.224 e. The molecule has 0 aliphatic carbocycles. The predicted octanol–water partition coefficient (Wildman–Crippen LogP) is 1.97. The fraction of sp³-hybridized carbons (Fsp3) is 0.385. The Morgan fingerprint density at radius 3 is 2.88 bits per heavy atom. The summed E-state index contributed by atoms with van der Waals surface area (Å²) in [6.45, 7) is 3.46. The fourth-order valence-electron chi connectivity index (χ4n) is 1.47. The van der Waals surface area contributed by atoms with Gasteiger partial charge in [0.15, 0.2) is 0 Å². The van der Waals surface area contributed by atoms with Crippen molar-refractivity contribution in [3.63, 3.8) is 0 Å². The second-order valence-electron chi connectivity index (χ2n) is 4.05. The topological polar surface area (TPSA) is 73.1 Å². The molecule has 1 atom stereocenters. The predicted molar refractivity (Wildman–Crippen MR) is 65.4 cm³/mol. The third-order valence-electron chi connectivity index (χ3n) is 2.45. The van der Waals surface area contributed by atoms with Crippen LogP contribution in [0.4, 0.5) is 5.69 Å². The number of amides is 1. The van der Waals surface area contributed by atoms with Crippen LogP contribution in [-0.4, -0.2) is 17.1 Å². The lowest BCUT2D eigenvalue weighted by Gasteiger charge is -2.09. The molecule has 0 aliphatic heterocycles. The number of hydrogen-bond donors (Lipinski definition) is 2. The van der Waals surface area contributed by atoms with Crippen molar-refractivity contribution in [3.8, 4) is 6.07 Å². The Hall–Kier alpha value is -1.86. The van der Waals surface area contributed by atoms with Crippen LogP contribution in [0, 0.1) is 18.3 Å². The van der Waals surface area contributed by atoms with E-state index >= 15 is 0 Å². The van der Waals surface area contributed by atoms with Crippen molar-refractivity contribution in [3.05, 3.63) is 29.3 Å². The van der Waals surface area contributed by atoms with Gasteiger partial charge in [-0.2, -0.15) is 5.26 Å². The summed E-state index contributed by atoms with van der Waals surface area (Å²) < 4.78 is 0. The summed E-state index contributed by atoms with van der Waals surface area (Å²) in [6.07, 6.45) is 0.171. The molecule has 0 heterocycles. The first-order valence-corrected chi connectivity index (χ1v) is 5.52. The first kappa shape index (κ1) is 13.2. The van der Waals surface area contributed by atoms with Gasteiger partial charge < -0.3 is 10.4 Å². The van der Waals surface area contributed by atoms with E-state index in [9.17, 15) is 4.79 Å². The number of carbonyl (C=O) groups is 1. The zero-order chi connectivity index (χ0) is 12.8. The molecular weight excluding hydrogens is 216 g/mol. The van der Waals surface area contributed by atoms with Gasteiger partial charge in [0.25, 0.3) is 0 Å². The lowest BCUT2D eigenvalue weighted by Crippen LogP contribution is -2.15. The maximum absolute atomic E-state index is 11.6. The van der Waals surface area contributed by atoms with E-state index in [2.05, 4.69) is 11.4 Å². The van der Waals surface area contributed by atoms with E-state index in [0.717, 1.165) is 5.56 Å². The van der Waals surface area contributed by atoms with Gasteiger partial charge in [0.05, 0.1) is 17.4 Å². The molecule has 1 amide bonds. The maximum atomic E-state index is 11.6. The molecule has 4 nitrogen and oxygen atoms in total. The lowest BCUT2D eigenvalue weighted by molar-refractivity contribution is -0.116. The van der Waals surface area contributed by atoms with Crippen molar-refractivity contribution in [1.82, 2.24) is 0 Å². The summed E-state index contributed by atoms with van der Waals surface area (Å²) in [7, 11) is 0. The quantitative estimate of drug-likeness (QED) is 0.833. The Bertz CT molecular complexity index is 447. The third kappa shape index (κ3) is 3.89. The van der Waals surface area contributed by atoms with Gasteiger partial charge in [-0.05, 0) is 31.9 Å². The summed E-state index contributed by atoms with van der Waals surface area (Å²) >= 11 is 0. The van der Waals surface area contributed by atoms with Crippen LogP contribution >= 0.6 is 0 Å². The standard InChI is InChI=1S/C13H16N2O2/c1-9-4-3-5-12(11(9)8-14)15-13(17)7-6-10(2)16/h3-5,10,16H,6-7H2,1-2H3,(H,15,17). The highest BCUT2D eigenvalue weighted by Gasteiger charge is 2.09. The second-order valence-corrected chi connectivity index (χ2v) is 4.05. The number of nitrogens with one attached hydrogen (secondary N) is 1. The number of rotatable bonds is 4. The van der Waals surface area contributed by atoms with Gasteiger partial charge in [0.2, 0.25) is 5.91 Å². The molecule has 1 unspecified atom stereocenters. The van der Waals surface area contributed by atoms with Crippen molar-refractivity contribution in [2.24, 2.45) is 0 Å². The molecule has 0 spiro atoms. The Morgan fingerprint density at radius 1 is 1.59 bits per heavy atom. The lowest BCUT2D eigenvalue weighted by atomic mass is 10.1. The first-order chi connectivity index (χ1) is 8.04. The summed E-state index contributed by atoms with van der Waals surface area (Å²) in [5.74, 6) is -0.187. The van der Waals surface area contributed by atoms with E-state index < -0.39 is 6.10 Å². The second kappa shape index (κ2) is 6.02. The zero-order valence-corrected chi connectivity index (χ0v) is 10.0. The van der Waals surface area contributed by atoms with Gasteiger partial charge in [-0.1, -0.05) is 12.1 Å². The van der Waals surface area contributed by atoms with Gasteiger partial charge in [-0.25, -0.2) is 0 Å². The molecule has 17 heavy (non-hydrogen) atoms. The van der Waals surface area contributed by atoms with Crippen LogP contribution in [0.15, 0.2) is 18.2 Å². The fourth-order valence-corrected chi connectivity index (χ4v) is 1.47. The number of aryl methyl sites for hydroxylation is 1. The minimum atomic E-state index is -0.492. The molecule has 1 rings (SSSR count). The van der Waals surface area contributed by atoms with E-state index in [0.29, 0.717) is 17.7 Å². The Labute approximate surface area is 101 Å². The van der Waals surface area contributed by atoms with Gasteiger partial charge in [0, 0.05) is 6.42 Å². The van der Waals surface area contributed by atoms with E-state index in [1.807, 2.05) is 13.0 Å². The summed E-state index contributed by atoms with van der Waals surface area (Å²) in [4.78, 5) is 11.6. The smallest absolute Gasteiger partial charge is 0.224 e. The Kier molecular flexibility index (Phi) is 4.68. The van der Waals surface area contributed by atoms with E-state index in [-0.39, 0.29) is 12.3 Å². The van der Waals surface area contributed by atoms with Gasteiger partial charge in [0.1, 0.15) is 6.07 Å². The van der Waals surface area contributed by atoms with Crippen molar-refractivity contribution < 1.29 is 9.90 Å². The number of nitriles is 1. The SMILES string of the molecule is Cc1cccc(NC(=O)CCC(C)O)c1C#N. The highest BCUT2D eigenvalue weighted by Crippen LogP contribution is 2.18. The summed E-state index contributed by atoms with van der Waals surface area (Å²) in [5.41, 5.74) is 1.85. The number of carbonyl (C=O) groups excluding carboxylic acids is 1. The molecule has 90 valence electrons. The largest absolute Gasteiger partial charge is 0.393 e. The van der Waals surface area contributed by atoms with E-state index in [1.165, 1.54) is 0 Å². The number of benzene rings is 1. The van der Waals surface area contributed by atoms with Gasteiger partial charge in [-0.3, -0.25) is 4.79 Å². The first-order valence-electron chi connectivity index (χ1n) is 5.52. The molecule has 0 aromatic heterocycles. The van der Waals surface area contributed by atoms with Crippen LogP contribution in [0.5, 0.6) is 0 Å². The normalized spacial score (nSPS) is 11.6. The minimum Gasteiger partial charge on any atom is -0.393 e. The molecule has 0 saturated heterocycles. The van der Waals surface area contributed by atoms with Crippen LogP contribution in [-0.2, 0) is 4.79 Å². The van der Waals surface area contributed by atoms with Gasteiger partial charge >= 0.3 is 0 Å². The number of nitrogens with zero attached hydrogens (tertiary/aromatic N) is 1.